The Morgan fingerprint density at radius 1 is 1.21 bits per heavy atom. The van der Waals surface area contributed by atoms with Crippen molar-refractivity contribution in [3.63, 3.8) is 0 Å². The average molecular weight is 325 g/mol. The largest absolute Gasteiger partial charge is 0.353 e. The van der Waals surface area contributed by atoms with Crippen LogP contribution < -0.4 is 10.2 Å². The molecule has 2 aliphatic rings. The summed E-state index contributed by atoms with van der Waals surface area (Å²) in [7, 11) is 4.12. The summed E-state index contributed by atoms with van der Waals surface area (Å²) in [6, 6.07) is 7.90. The summed E-state index contributed by atoms with van der Waals surface area (Å²) in [5.74, 6) is 0.782. The van der Waals surface area contributed by atoms with E-state index in [0.717, 1.165) is 38.3 Å². The molecule has 1 fully saturated rings. The van der Waals surface area contributed by atoms with Crippen LogP contribution in [0.3, 0.4) is 0 Å². The van der Waals surface area contributed by atoms with E-state index in [1.54, 1.807) is 6.20 Å². The third-order valence-corrected chi connectivity index (χ3v) is 5.46. The van der Waals surface area contributed by atoms with E-state index in [-0.39, 0.29) is 11.6 Å². The van der Waals surface area contributed by atoms with Crippen molar-refractivity contribution in [2.45, 2.75) is 25.0 Å². The number of aromatic nitrogens is 2. The molecule has 24 heavy (non-hydrogen) atoms. The van der Waals surface area contributed by atoms with Gasteiger partial charge < -0.3 is 14.8 Å². The van der Waals surface area contributed by atoms with Gasteiger partial charge in [0.15, 0.2) is 0 Å². The van der Waals surface area contributed by atoms with Gasteiger partial charge in [-0.2, -0.15) is 0 Å². The summed E-state index contributed by atoms with van der Waals surface area (Å²) in [6.07, 6.45) is 5.63. The number of hydrogen-bond acceptors (Lipinski definition) is 4. The fraction of sp³-hybridized carbons (Fsp3) is 0.444. The Labute approximate surface area is 142 Å². The molecule has 1 amide bonds. The number of rotatable bonds is 2. The van der Waals surface area contributed by atoms with Gasteiger partial charge in [-0.3, -0.25) is 9.69 Å². The number of pyridine rings is 1. The predicted molar refractivity (Wildman–Crippen MR) is 92.8 cm³/mol. The first-order valence-corrected chi connectivity index (χ1v) is 8.43. The number of likely N-dealkylation sites (tertiary alicyclic amines) is 1. The average Bonchev–Trinajstić information content (AvgIpc) is 3.00. The lowest BCUT2D eigenvalue weighted by atomic mass is 9.91. The van der Waals surface area contributed by atoms with Crippen LogP contribution in [0.15, 0.2) is 36.7 Å². The Hall–Kier alpha value is -2.34. The van der Waals surface area contributed by atoms with E-state index in [9.17, 15) is 4.79 Å². The number of amides is 1. The normalized spacial score (nSPS) is 20.1. The van der Waals surface area contributed by atoms with E-state index in [2.05, 4.69) is 50.0 Å². The first-order chi connectivity index (χ1) is 11.6. The molecule has 0 atom stereocenters. The second-order valence-corrected chi connectivity index (χ2v) is 6.81. The summed E-state index contributed by atoms with van der Waals surface area (Å²) in [6.45, 7) is 2.86. The third kappa shape index (κ3) is 2.38. The molecule has 6 heteroatoms. The molecule has 4 heterocycles. The van der Waals surface area contributed by atoms with Crippen molar-refractivity contribution in [3.8, 4) is 0 Å². The molecule has 2 aliphatic heterocycles. The van der Waals surface area contributed by atoms with Crippen LogP contribution >= 0.6 is 0 Å². The molecule has 1 spiro atoms. The molecule has 0 bridgehead atoms. The topological polar surface area (TPSA) is 53.4 Å². The van der Waals surface area contributed by atoms with E-state index < -0.39 is 0 Å². The molecule has 1 saturated heterocycles. The maximum Gasteiger partial charge on any atom is 0.256 e. The lowest BCUT2D eigenvalue weighted by molar-refractivity contribution is 0.0768. The van der Waals surface area contributed by atoms with Crippen molar-refractivity contribution >= 4 is 11.7 Å². The van der Waals surface area contributed by atoms with Gasteiger partial charge in [0.25, 0.3) is 5.91 Å². The second-order valence-electron chi connectivity index (χ2n) is 6.81. The number of anilines is 1. The minimum atomic E-state index is -0.316. The van der Waals surface area contributed by atoms with Crippen LogP contribution in [0.2, 0.25) is 0 Å². The highest BCUT2D eigenvalue weighted by molar-refractivity contribution is 6.01. The van der Waals surface area contributed by atoms with Gasteiger partial charge >= 0.3 is 0 Å². The van der Waals surface area contributed by atoms with Crippen molar-refractivity contribution in [2.24, 2.45) is 7.05 Å². The Bertz CT molecular complexity index is 760. The number of aryl methyl sites for hydroxylation is 1. The van der Waals surface area contributed by atoms with E-state index in [0.29, 0.717) is 5.56 Å². The monoisotopic (exact) mass is 325 g/mol. The SMILES string of the molecule is CN1c2ncccc2C(=O)NC12CCN(Cc1cccn1C)CC2. The molecule has 2 aromatic heterocycles. The fourth-order valence-electron chi connectivity index (χ4n) is 3.84. The number of piperidine rings is 1. The Morgan fingerprint density at radius 2 is 2.00 bits per heavy atom. The zero-order valence-electron chi connectivity index (χ0n) is 14.2. The van der Waals surface area contributed by atoms with Gasteiger partial charge in [-0.05, 0) is 24.3 Å². The van der Waals surface area contributed by atoms with Crippen molar-refractivity contribution < 1.29 is 4.79 Å². The molecule has 0 aromatic carbocycles. The number of hydrogen-bond donors (Lipinski definition) is 1. The first-order valence-electron chi connectivity index (χ1n) is 8.43. The van der Waals surface area contributed by atoms with Crippen LogP contribution in [-0.4, -0.2) is 46.2 Å². The first kappa shape index (κ1) is 15.2. The van der Waals surface area contributed by atoms with Crippen LogP contribution in [0, 0.1) is 0 Å². The smallest absolute Gasteiger partial charge is 0.256 e. The van der Waals surface area contributed by atoms with Gasteiger partial charge in [0, 0.05) is 64.7 Å². The lowest BCUT2D eigenvalue weighted by Gasteiger charge is -2.50. The maximum atomic E-state index is 12.5. The van der Waals surface area contributed by atoms with Gasteiger partial charge in [-0.25, -0.2) is 4.98 Å². The molecule has 0 radical (unpaired) electrons. The van der Waals surface area contributed by atoms with Crippen LogP contribution in [0.25, 0.3) is 0 Å². The van der Waals surface area contributed by atoms with E-state index >= 15 is 0 Å². The highest BCUT2D eigenvalue weighted by atomic mass is 16.2. The van der Waals surface area contributed by atoms with Crippen LogP contribution in [0.4, 0.5) is 5.82 Å². The summed E-state index contributed by atoms with van der Waals surface area (Å²) < 4.78 is 2.17. The highest BCUT2D eigenvalue weighted by Crippen LogP contribution is 2.34. The molecule has 1 N–H and O–H groups in total. The van der Waals surface area contributed by atoms with E-state index in [1.807, 2.05) is 19.2 Å². The minimum Gasteiger partial charge on any atom is -0.353 e. The number of carbonyl (C=O) groups excluding carboxylic acids is 1. The van der Waals surface area contributed by atoms with Crippen molar-refractivity contribution in [1.29, 1.82) is 0 Å². The van der Waals surface area contributed by atoms with Gasteiger partial charge in [0.1, 0.15) is 11.5 Å². The Kier molecular flexibility index (Phi) is 3.57. The lowest BCUT2D eigenvalue weighted by Crippen LogP contribution is -2.66. The van der Waals surface area contributed by atoms with E-state index in [1.165, 1.54) is 5.69 Å². The van der Waals surface area contributed by atoms with Crippen molar-refractivity contribution in [1.82, 2.24) is 19.8 Å². The molecular weight excluding hydrogens is 302 g/mol. The molecule has 0 saturated carbocycles. The molecule has 2 aromatic rings. The summed E-state index contributed by atoms with van der Waals surface area (Å²) >= 11 is 0. The van der Waals surface area contributed by atoms with Gasteiger partial charge in [0.2, 0.25) is 0 Å². The number of nitrogens with zero attached hydrogens (tertiary/aromatic N) is 4. The molecule has 4 rings (SSSR count). The highest BCUT2D eigenvalue weighted by Gasteiger charge is 2.44. The van der Waals surface area contributed by atoms with Crippen LogP contribution in [0.1, 0.15) is 28.9 Å². The third-order valence-electron chi connectivity index (χ3n) is 5.46. The second kappa shape index (κ2) is 5.63. The van der Waals surface area contributed by atoms with Crippen LogP contribution in [-0.2, 0) is 13.6 Å². The summed E-state index contributed by atoms with van der Waals surface area (Å²) in [5, 5.41) is 3.24. The summed E-state index contributed by atoms with van der Waals surface area (Å²) in [5.41, 5.74) is 1.67. The predicted octanol–water partition coefficient (Wildman–Crippen LogP) is 1.59. The molecule has 126 valence electrons. The molecule has 6 nitrogen and oxygen atoms in total. The van der Waals surface area contributed by atoms with Gasteiger partial charge in [0.05, 0.1) is 5.56 Å². The van der Waals surface area contributed by atoms with Gasteiger partial charge in [-0.1, -0.05) is 0 Å². The quantitative estimate of drug-likeness (QED) is 0.911. The zero-order valence-corrected chi connectivity index (χ0v) is 14.2. The molecular formula is C18H23N5O. The Balaban J connectivity index is 1.51. The number of carbonyl (C=O) groups is 1. The molecule has 0 aliphatic carbocycles. The molecule has 0 unspecified atom stereocenters. The standard InChI is InChI=1S/C18H23N5O/c1-21-10-4-5-14(21)13-23-11-7-18(8-12-23)20-17(24)15-6-3-9-19-16(15)22(18)2/h3-6,9-10H,7-8,11-13H2,1-2H3,(H,20,24). The zero-order chi connectivity index (χ0) is 16.7. The van der Waals surface area contributed by atoms with Gasteiger partial charge in [-0.15, -0.1) is 0 Å². The van der Waals surface area contributed by atoms with Crippen molar-refractivity contribution in [3.05, 3.63) is 47.9 Å². The summed E-state index contributed by atoms with van der Waals surface area (Å²) in [4.78, 5) is 21.5. The minimum absolute atomic E-state index is 0.00733. The maximum absolute atomic E-state index is 12.5. The number of nitrogens with one attached hydrogen (secondary N) is 1. The fourth-order valence-corrected chi connectivity index (χ4v) is 3.84. The Morgan fingerprint density at radius 3 is 2.71 bits per heavy atom. The van der Waals surface area contributed by atoms with Crippen molar-refractivity contribution in [2.75, 3.05) is 25.0 Å². The van der Waals surface area contributed by atoms with E-state index in [4.69, 9.17) is 0 Å². The number of fused-ring (bicyclic) bond motifs is 1. The van der Waals surface area contributed by atoms with Crippen LogP contribution in [0.5, 0.6) is 0 Å².